The highest BCUT2D eigenvalue weighted by molar-refractivity contribution is 5.93. The zero-order chi connectivity index (χ0) is 39.5. The average Bonchev–Trinajstić information content (AvgIpc) is 3.71. The van der Waals surface area contributed by atoms with Crippen LogP contribution in [-0.2, 0) is 22.3 Å². The maximum atomic E-state index is 12.2. The first-order valence-electron chi connectivity index (χ1n) is 20.1. The van der Waals surface area contributed by atoms with Crippen molar-refractivity contribution in [2.24, 2.45) is 23.7 Å². The molecule has 0 saturated heterocycles. The largest absolute Gasteiger partial charge is 0.444 e. The molecule has 2 aromatic heterocycles. The molecule has 4 N–H and O–H groups in total. The van der Waals surface area contributed by atoms with E-state index in [9.17, 15) is 9.59 Å². The summed E-state index contributed by atoms with van der Waals surface area (Å²) in [6.07, 6.45) is 2.88. The maximum Gasteiger partial charge on any atom is 0.407 e. The van der Waals surface area contributed by atoms with Crippen molar-refractivity contribution in [3.05, 3.63) is 84.4 Å². The number of amides is 2. The van der Waals surface area contributed by atoms with Gasteiger partial charge in [-0.3, -0.25) is 0 Å². The van der Waals surface area contributed by atoms with Crippen molar-refractivity contribution in [3.63, 3.8) is 0 Å². The fourth-order valence-corrected chi connectivity index (χ4v) is 8.27. The van der Waals surface area contributed by atoms with Crippen LogP contribution >= 0.6 is 0 Å². The van der Waals surface area contributed by atoms with E-state index >= 15 is 0 Å². The van der Waals surface area contributed by atoms with Crippen molar-refractivity contribution in [2.75, 3.05) is 0 Å². The Hall–Kier alpha value is -5.38. The number of nitrogens with one attached hydrogen (secondary N) is 4. The number of aromatic amines is 2. The lowest BCUT2D eigenvalue weighted by Gasteiger charge is -2.19. The van der Waals surface area contributed by atoms with Crippen LogP contribution in [0.1, 0.15) is 79.9 Å². The summed E-state index contributed by atoms with van der Waals surface area (Å²) >= 11 is 0. The quantitative estimate of drug-likeness (QED) is 0.110. The molecule has 10 nitrogen and oxygen atoms in total. The fraction of sp³-hybridized carbons (Fsp3) is 0.435. The number of hydrogen-bond donors (Lipinski definition) is 4. The van der Waals surface area contributed by atoms with Crippen LogP contribution in [0.15, 0.2) is 72.8 Å². The molecule has 4 aromatic carbocycles. The molecular formula is C46H54N6O4. The van der Waals surface area contributed by atoms with Gasteiger partial charge in [0.2, 0.25) is 0 Å². The van der Waals surface area contributed by atoms with Crippen molar-refractivity contribution < 1.29 is 19.1 Å². The molecule has 2 amide bonds. The molecule has 2 aliphatic rings. The molecule has 0 radical (unpaired) electrons. The smallest absolute Gasteiger partial charge is 0.407 e. The van der Waals surface area contributed by atoms with Crippen molar-refractivity contribution in [2.45, 2.75) is 104 Å². The predicted octanol–water partition coefficient (Wildman–Crippen LogP) is 10.1. The molecule has 2 heterocycles. The molecule has 292 valence electrons. The van der Waals surface area contributed by atoms with Crippen molar-refractivity contribution >= 4 is 45.0 Å². The van der Waals surface area contributed by atoms with Crippen molar-refractivity contribution in [3.8, 4) is 22.3 Å². The first kappa shape index (κ1) is 37.5. The van der Waals surface area contributed by atoms with Gasteiger partial charge in [0.1, 0.15) is 22.9 Å². The van der Waals surface area contributed by atoms with Crippen LogP contribution in [0.4, 0.5) is 9.59 Å². The number of carbonyl (C=O) groups excluding carboxylic acids is 2. The second-order valence-electron chi connectivity index (χ2n) is 18.1. The van der Waals surface area contributed by atoms with Gasteiger partial charge in [0.15, 0.2) is 0 Å². The minimum Gasteiger partial charge on any atom is -0.444 e. The minimum absolute atomic E-state index is 0.150. The van der Waals surface area contributed by atoms with Crippen LogP contribution in [-0.4, -0.2) is 55.4 Å². The monoisotopic (exact) mass is 754 g/mol. The number of imidazole rings is 2. The lowest BCUT2D eigenvalue weighted by Crippen LogP contribution is -2.34. The highest BCUT2D eigenvalue weighted by Gasteiger charge is 2.48. The Balaban J connectivity index is 0.887. The van der Waals surface area contributed by atoms with E-state index in [4.69, 9.17) is 19.4 Å². The third-order valence-corrected chi connectivity index (χ3v) is 11.5. The van der Waals surface area contributed by atoms with Crippen LogP contribution in [0.2, 0.25) is 0 Å². The molecule has 2 saturated carbocycles. The van der Waals surface area contributed by atoms with E-state index in [0.717, 1.165) is 81.7 Å². The van der Waals surface area contributed by atoms with Crippen LogP contribution in [0.5, 0.6) is 0 Å². The summed E-state index contributed by atoms with van der Waals surface area (Å²) < 4.78 is 10.9. The SMILES string of the molecule is C[C@@H]1[C@H](CCc2nc3ccc(-c4ccc5cc(-c6ccc7nc(CC[C@H]8[C@@H](C)[C@H]8NC(=O)OC(C)(C)C)[nH]c7c6)ccc5c4)cc3[nH]2)[C@@H]1NC(=O)OC(C)(C)C. The summed E-state index contributed by atoms with van der Waals surface area (Å²) in [5.74, 6) is 3.63. The molecule has 8 rings (SSSR count). The highest BCUT2D eigenvalue weighted by Crippen LogP contribution is 2.43. The molecule has 0 bridgehead atoms. The van der Waals surface area contributed by atoms with Crippen LogP contribution in [0.25, 0.3) is 55.1 Å². The van der Waals surface area contributed by atoms with Gasteiger partial charge in [-0.25, -0.2) is 19.6 Å². The van der Waals surface area contributed by atoms with Gasteiger partial charge in [0.05, 0.1) is 22.1 Å². The first-order valence-corrected chi connectivity index (χ1v) is 20.1. The van der Waals surface area contributed by atoms with E-state index in [0.29, 0.717) is 23.7 Å². The summed E-state index contributed by atoms with van der Waals surface area (Å²) in [5.41, 5.74) is 7.57. The Morgan fingerprint density at radius 3 is 1.36 bits per heavy atom. The van der Waals surface area contributed by atoms with Crippen LogP contribution < -0.4 is 10.6 Å². The molecule has 56 heavy (non-hydrogen) atoms. The summed E-state index contributed by atoms with van der Waals surface area (Å²) in [5, 5.41) is 8.45. The molecule has 2 aliphatic carbocycles. The number of carbonyl (C=O) groups is 2. The van der Waals surface area contributed by atoms with E-state index in [1.165, 1.54) is 10.8 Å². The average molecular weight is 755 g/mol. The Labute approximate surface area is 328 Å². The molecule has 6 atom stereocenters. The standard InChI is InChI=1S/C46H54N6O4/c1-25-33(41(25)51-43(53)55-45(3,4)5)15-19-39-47-35-17-13-31(23-37(35)49-39)29-11-9-28-22-30(12-10-27(28)21-29)32-14-18-36-38(24-32)50-40(48-36)20-16-34-26(2)42(34)52-44(54)56-46(6,7)8/h9-14,17-18,21-26,33-34,41-42H,15-16,19-20H2,1-8H3,(H,47,49)(H,48,50)(H,51,53)(H,52,54)/t25-,26-,33+,34+,41-,42-/m1/s1. The van der Waals surface area contributed by atoms with Crippen LogP contribution in [0.3, 0.4) is 0 Å². The van der Waals surface area contributed by atoms with Crippen LogP contribution in [0, 0.1) is 23.7 Å². The van der Waals surface area contributed by atoms with E-state index < -0.39 is 11.2 Å². The zero-order valence-electron chi connectivity index (χ0n) is 33.7. The number of aromatic nitrogens is 4. The van der Waals surface area contributed by atoms with Gasteiger partial charge in [-0.1, -0.05) is 50.2 Å². The summed E-state index contributed by atoms with van der Waals surface area (Å²) in [6.45, 7) is 15.6. The Morgan fingerprint density at radius 2 is 0.964 bits per heavy atom. The van der Waals surface area contributed by atoms with Gasteiger partial charge in [-0.15, -0.1) is 0 Å². The summed E-state index contributed by atoms with van der Waals surface area (Å²) in [4.78, 5) is 41.3. The molecule has 0 aliphatic heterocycles. The number of benzene rings is 4. The molecular weight excluding hydrogens is 701 g/mol. The third-order valence-electron chi connectivity index (χ3n) is 11.5. The van der Waals surface area contributed by atoms with Crippen molar-refractivity contribution in [1.82, 2.24) is 30.6 Å². The van der Waals surface area contributed by atoms with Gasteiger partial charge < -0.3 is 30.1 Å². The normalized spacial score (nSPS) is 22.0. The molecule has 0 spiro atoms. The number of ether oxygens (including phenoxy) is 2. The third kappa shape index (κ3) is 8.39. The highest BCUT2D eigenvalue weighted by atomic mass is 16.6. The number of fused-ring (bicyclic) bond motifs is 3. The molecule has 2 fully saturated rings. The Kier molecular flexibility index (Phi) is 9.58. The number of rotatable bonds is 10. The zero-order valence-corrected chi connectivity index (χ0v) is 33.7. The fourth-order valence-electron chi connectivity index (χ4n) is 8.27. The Morgan fingerprint density at radius 1 is 0.589 bits per heavy atom. The van der Waals surface area contributed by atoms with Gasteiger partial charge in [0.25, 0.3) is 0 Å². The predicted molar refractivity (Wildman–Crippen MR) is 222 cm³/mol. The lowest BCUT2D eigenvalue weighted by atomic mass is 9.97. The topological polar surface area (TPSA) is 134 Å². The summed E-state index contributed by atoms with van der Waals surface area (Å²) in [7, 11) is 0. The number of hydrogen-bond acceptors (Lipinski definition) is 6. The van der Waals surface area contributed by atoms with Gasteiger partial charge >= 0.3 is 12.2 Å². The van der Waals surface area contributed by atoms with E-state index in [1.807, 2.05) is 41.5 Å². The van der Waals surface area contributed by atoms with Crippen molar-refractivity contribution in [1.29, 1.82) is 0 Å². The molecule has 10 heteroatoms. The number of H-pyrrole nitrogens is 2. The van der Waals surface area contributed by atoms with E-state index in [1.54, 1.807) is 0 Å². The van der Waals surface area contributed by atoms with Gasteiger partial charge in [0, 0.05) is 24.9 Å². The van der Waals surface area contributed by atoms with Gasteiger partial charge in [-0.05, 0) is 147 Å². The minimum atomic E-state index is -0.502. The second kappa shape index (κ2) is 14.3. The lowest BCUT2D eigenvalue weighted by molar-refractivity contribution is 0.0507. The molecule has 6 aromatic rings. The number of alkyl carbamates (subject to hydrolysis) is 2. The second-order valence-corrected chi connectivity index (χ2v) is 18.1. The molecule has 0 unspecified atom stereocenters. The van der Waals surface area contributed by atoms with E-state index in [2.05, 4.69) is 107 Å². The Bertz CT molecular complexity index is 2260. The van der Waals surface area contributed by atoms with Gasteiger partial charge in [-0.2, -0.15) is 0 Å². The maximum absolute atomic E-state index is 12.2. The first-order chi connectivity index (χ1) is 26.6. The van der Waals surface area contributed by atoms with E-state index in [-0.39, 0.29) is 24.3 Å². The number of aryl methyl sites for hydroxylation is 2. The number of nitrogens with zero attached hydrogens (tertiary/aromatic N) is 2. The summed E-state index contributed by atoms with van der Waals surface area (Å²) in [6, 6.07) is 26.4.